The molecule has 1 amide bonds. The molecule has 0 fully saturated rings. The summed E-state index contributed by atoms with van der Waals surface area (Å²) in [5, 5.41) is 97.9. The van der Waals surface area contributed by atoms with Crippen LogP contribution in [-0.4, -0.2) is 210 Å². The third kappa shape index (κ3) is 23.1. The highest BCUT2D eigenvalue weighted by atomic mass is 19.4. The summed E-state index contributed by atoms with van der Waals surface area (Å²) >= 11 is 0. The Morgan fingerprint density at radius 3 is 0.971 bits per heavy atom. The molecule has 4 unspecified atom stereocenters. The van der Waals surface area contributed by atoms with Crippen molar-refractivity contribution in [2.75, 3.05) is 47.4 Å². The standard InChI is InChI=1S/C21H16F6N6O2.C21H15F5N6O4.C21H17F3N6O4.C20H17F2N7O3/c1-20(34,21(25,26)27)10-29-18-13(23)8-28-19(30-18)15-7-16(14-5-6-35-32-14)33(31-15)9-11-3-2-4-12(22)17(11)24;22-12-4-2-1-3-11(12)9-32-16(14-5-6-36-31-14)7-15(30-32)18-27-8-13(23)17(29-18)28-10-20(35,19(33)34)21(24,25)26;1-21(33,20(31)32)10-26-18-13(23)8-25-19(27-18)15-7-16(14-5-6-34-29-14)30(28-15)9-11-3-2-4-12(22)17(11)24;21-12-4-2-1-3-11(12)10-29-16(14-5-6-32-28-14)7-15(27-29)20-24-8-13(22)19(26-20)25-9-17(30)18(23)31/h2-8,34H,9-10H2,1H3,(H,28,29,30);1-8,35H,9-10H2,(H,33,34)(H,27,28,29);2-8,33H,9-10H2,1H3,(H,31,32)(H,25,26,27);1-8,17,30H,9-10H2,(H2,23,31)(H,24,25,26). The summed E-state index contributed by atoms with van der Waals surface area (Å²) < 4.78 is 244. The van der Waals surface area contributed by atoms with Gasteiger partial charge in [0.2, 0.25) is 5.91 Å². The molecule has 12 aromatic heterocycles. The minimum absolute atomic E-state index is 0.0108. The van der Waals surface area contributed by atoms with E-state index in [1.54, 1.807) is 36.4 Å². The van der Waals surface area contributed by atoms with E-state index in [0.717, 1.165) is 31.5 Å². The van der Waals surface area contributed by atoms with Crippen molar-refractivity contribution in [1.82, 2.24) is 99.6 Å². The molecule has 0 aliphatic heterocycles. The molecular formula is C83H65F16N25O13. The van der Waals surface area contributed by atoms with Gasteiger partial charge >= 0.3 is 24.3 Å². The number of carboxylic acids is 2. The Morgan fingerprint density at radius 1 is 0.380 bits per heavy atom. The summed E-state index contributed by atoms with van der Waals surface area (Å²) in [6.07, 6.45) is -3.66. The average Bonchev–Trinajstić information content (AvgIpc) is 1.76. The minimum atomic E-state index is -5.56. The number of hydrogen-bond donors (Lipinski definition) is 11. The number of alkyl halides is 6. The number of rotatable bonds is 31. The predicted molar refractivity (Wildman–Crippen MR) is 439 cm³/mol. The number of aliphatic carboxylic acids is 2. The molecule has 0 spiro atoms. The van der Waals surface area contributed by atoms with Crippen LogP contribution in [0, 0.1) is 58.2 Å². The summed E-state index contributed by atoms with van der Waals surface area (Å²) in [6, 6.07) is 31.7. The van der Waals surface area contributed by atoms with E-state index in [9.17, 15) is 105 Å². The molecule has 16 rings (SSSR count). The van der Waals surface area contributed by atoms with Gasteiger partial charge in [-0.2, -0.15) is 46.7 Å². The van der Waals surface area contributed by atoms with E-state index in [1.165, 1.54) is 129 Å². The van der Waals surface area contributed by atoms with E-state index in [-0.39, 0.29) is 113 Å². The summed E-state index contributed by atoms with van der Waals surface area (Å²) in [4.78, 5) is 64.3. The topological polar surface area (TPSA) is 525 Å². The molecule has 54 heteroatoms. The number of halogens is 16. The molecular weight excluding hydrogens is 1860 g/mol. The Labute approximate surface area is 755 Å². The number of anilines is 4. The molecule has 0 saturated heterocycles. The third-order valence-corrected chi connectivity index (χ3v) is 19.5. The van der Waals surface area contributed by atoms with Gasteiger partial charge in [0.05, 0.1) is 99.9 Å². The maximum Gasteiger partial charge on any atom is 0.429 e. The number of benzene rings is 4. The molecule has 712 valence electrons. The lowest BCUT2D eigenvalue weighted by atomic mass is 10.0. The summed E-state index contributed by atoms with van der Waals surface area (Å²) in [7, 11) is 0. The summed E-state index contributed by atoms with van der Waals surface area (Å²) in [5.74, 6) is -16.5. The molecule has 4 atom stereocenters. The van der Waals surface area contributed by atoms with Gasteiger partial charge < -0.3 is 75.7 Å². The number of aliphatic hydroxyl groups is 4. The molecule has 12 heterocycles. The quantitative estimate of drug-likeness (QED) is 0.0180. The molecule has 12 N–H and O–H groups in total. The molecule has 38 nitrogen and oxygen atoms in total. The van der Waals surface area contributed by atoms with Crippen LogP contribution >= 0.6 is 0 Å². The first-order chi connectivity index (χ1) is 65.0. The molecule has 0 aliphatic rings. The van der Waals surface area contributed by atoms with Crippen molar-refractivity contribution < 1.29 is 133 Å². The lowest BCUT2D eigenvalue weighted by Gasteiger charge is -2.26. The molecule has 0 bridgehead atoms. The van der Waals surface area contributed by atoms with Crippen molar-refractivity contribution >= 4 is 41.1 Å². The first kappa shape index (κ1) is 97.7. The van der Waals surface area contributed by atoms with Gasteiger partial charge in [0.25, 0.3) is 5.60 Å². The van der Waals surface area contributed by atoms with Crippen molar-refractivity contribution in [3.8, 4) is 91.6 Å². The SMILES string of the molecule is CC(O)(CNc1nc(-c2cc(-c3ccon3)n(Cc3cccc(F)c3F)n2)ncc1F)C(=O)O.CC(O)(CNc1nc(-c2cc(-c3ccon3)n(Cc3cccc(F)c3F)n2)ncc1F)C(F)(F)F.NC(=O)C(O)CNc1nc(-c2cc(-c3ccon3)n(Cc3ccccc3F)n2)ncc1F.O=C(O)C(O)(CNc1nc(-c2cc(-c3ccon3)n(Cc3ccccc3F)n2)ncc1F)C(F)(F)F. The van der Waals surface area contributed by atoms with Crippen LogP contribution in [0.25, 0.3) is 91.6 Å². The van der Waals surface area contributed by atoms with Crippen LogP contribution < -0.4 is 27.0 Å². The molecule has 4 aromatic carbocycles. The number of nitrogens with one attached hydrogen (secondary N) is 4. The largest absolute Gasteiger partial charge is 0.479 e. The number of aliphatic hydroxyl groups excluding tert-OH is 1. The Balaban J connectivity index is 0.000000154. The Hall–Kier alpha value is -16.8. The number of carbonyl (C=O) groups excluding carboxylic acids is 1. The fraction of sp³-hybridized carbons (Fsp3) is 0.193. The van der Waals surface area contributed by atoms with Gasteiger partial charge in [-0.1, -0.05) is 81.3 Å². The number of amides is 1. The monoisotopic (exact) mass is 1920 g/mol. The number of primary amides is 1. The van der Waals surface area contributed by atoms with Gasteiger partial charge in [0.1, 0.15) is 88.3 Å². The molecule has 0 saturated carbocycles. The average molecular weight is 1920 g/mol. The Bertz CT molecular complexity index is 6950. The highest BCUT2D eigenvalue weighted by Gasteiger charge is 2.60. The second-order valence-corrected chi connectivity index (χ2v) is 29.4. The van der Waals surface area contributed by atoms with Crippen molar-refractivity contribution in [1.29, 1.82) is 0 Å². The van der Waals surface area contributed by atoms with Crippen LogP contribution in [0.3, 0.4) is 0 Å². The van der Waals surface area contributed by atoms with Gasteiger partial charge in [-0.15, -0.1) is 0 Å². The predicted octanol–water partition coefficient (Wildman–Crippen LogP) is 11.6. The van der Waals surface area contributed by atoms with Crippen LogP contribution in [-0.2, 0) is 40.6 Å². The maximum absolute atomic E-state index is 14.2. The zero-order chi connectivity index (χ0) is 98.6. The number of aromatic nitrogens is 20. The number of hydrogen-bond acceptors (Lipinski definition) is 31. The van der Waals surface area contributed by atoms with E-state index in [4.69, 9.17) is 34.0 Å². The fourth-order valence-corrected chi connectivity index (χ4v) is 12.0. The van der Waals surface area contributed by atoms with Crippen molar-refractivity contribution in [3.05, 3.63) is 264 Å². The smallest absolute Gasteiger partial charge is 0.429 e. The highest BCUT2D eigenvalue weighted by Crippen LogP contribution is 2.36. The van der Waals surface area contributed by atoms with Crippen LogP contribution in [0.2, 0.25) is 0 Å². The van der Waals surface area contributed by atoms with E-state index in [2.05, 4.69) is 96.8 Å². The van der Waals surface area contributed by atoms with Gasteiger partial charge in [0, 0.05) is 46.5 Å². The number of nitrogens with zero attached hydrogens (tertiary/aromatic N) is 20. The van der Waals surface area contributed by atoms with Crippen LogP contribution in [0.5, 0.6) is 0 Å². The van der Waals surface area contributed by atoms with Crippen molar-refractivity contribution in [2.45, 2.75) is 75.3 Å². The molecule has 16 aromatic rings. The molecule has 0 aliphatic carbocycles. The zero-order valence-electron chi connectivity index (χ0n) is 69.7. The normalized spacial score (nSPS) is 13.0. The number of carboxylic acid groups (broad SMARTS) is 2. The molecule has 0 radical (unpaired) electrons. The van der Waals surface area contributed by atoms with Gasteiger partial charge in [-0.3, -0.25) is 23.5 Å². The first-order valence-corrected chi connectivity index (χ1v) is 39.1. The van der Waals surface area contributed by atoms with E-state index in [1.807, 2.05) is 5.32 Å². The summed E-state index contributed by atoms with van der Waals surface area (Å²) in [6.45, 7) is -2.39. The van der Waals surface area contributed by atoms with Crippen molar-refractivity contribution in [3.63, 3.8) is 0 Å². The maximum atomic E-state index is 14.2. The highest BCUT2D eigenvalue weighted by molar-refractivity contribution is 5.80. The number of carbonyl (C=O) groups is 3. The minimum Gasteiger partial charge on any atom is -0.479 e. The fourth-order valence-electron chi connectivity index (χ4n) is 12.0. The Kier molecular flexibility index (Phi) is 29.4. The van der Waals surface area contributed by atoms with Crippen LogP contribution in [0.15, 0.2) is 201 Å². The lowest BCUT2D eigenvalue weighted by Crippen LogP contribution is -2.56. The van der Waals surface area contributed by atoms with Gasteiger partial charge in [-0.05, 0) is 62.4 Å². The van der Waals surface area contributed by atoms with Gasteiger partial charge in [-0.25, -0.2) is 93.4 Å². The van der Waals surface area contributed by atoms with Crippen molar-refractivity contribution in [2.24, 2.45) is 5.73 Å². The second-order valence-electron chi connectivity index (χ2n) is 29.4. The second kappa shape index (κ2) is 41.1. The lowest BCUT2D eigenvalue weighted by molar-refractivity contribution is -0.255. The third-order valence-electron chi connectivity index (χ3n) is 19.5. The van der Waals surface area contributed by atoms with E-state index >= 15 is 0 Å². The van der Waals surface area contributed by atoms with E-state index < -0.39 is 143 Å². The first-order valence-electron chi connectivity index (χ1n) is 39.1. The zero-order valence-corrected chi connectivity index (χ0v) is 69.7. The van der Waals surface area contributed by atoms with Crippen LogP contribution in [0.1, 0.15) is 36.1 Å². The van der Waals surface area contributed by atoms with Gasteiger partial charge in [0.15, 0.2) is 104 Å². The van der Waals surface area contributed by atoms with Crippen LogP contribution in [0.4, 0.5) is 93.5 Å². The number of nitrogens with two attached hydrogens (primary N) is 1. The molecule has 137 heavy (non-hydrogen) atoms. The summed E-state index contributed by atoms with van der Waals surface area (Å²) in [5.41, 5.74) is -0.543. The Morgan fingerprint density at radius 2 is 0.679 bits per heavy atom. The van der Waals surface area contributed by atoms with E-state index in [0.29, 0.717) is 64.7 Å².